The molecular weight excluding hydrogens is 530 g/mol. The van der Waals surface area contributed by atoms with E-state index in [1.807, 2.05) is 0 Å². The molecule has 1 aromatic carbocycles. The van der Waals surface area contributed by atoms with E-state index in [1.54, 1.807) is 12.1 Å². The number of fused-ring (bicyclic) bond motifs is 3. The van der Waals surface area contributed by atoms with Crippen LogP contribution in [-0.4, -0.2) is 68.9 Å². The highest BCUT2D eigenvalue weighted by atomic mass is 35.5. The van der Waals surface area contributed by atoms with Gasteiger partial charge in [0.1, 0.15) is 28.6 Å². The molecule has 0 saturated heterocycles. The smallest absolute Gasteiger partial charge is 0.255 e. The SMILES string of the molecule is CN(C)[C@@H]1C(=O)C(C(N)=O)=C(O)[C@@]2(C#N)C(=O)C3=C(O)c4c(O)ccc(-c5ccc(Cl)o5)c4C[C@@]3(N)C[C@@]12N. The number of benzene rings is 1. The third-order valence-corrected chi connectivity index (χ3v) is 8.18. The molecule has 2 aromatic rings. The van der Waals surface area contributed by atoms with E-state index in [4.69, 9.17) is 33.2 Å². The molecule has 202 valence electrons. The summed E-state index contributed by atoms with van der Waals surface area (Å²) in [6, 6.07) is 6.11. The van der Waals surface area contributed by atoms with Gasteiger partial charge in [-0.15, -0.1) is 0 Å². The van der Waals surface area contributed by atoms with E-state index in [0.717, 1.165) is 0 Å². The molecular formula is C26H24ClN5O7. The van der Waals surface area contributed by atoms with Gasteiger partial charge in [0.05, 0.1) is 34.3 Å². The Morgan fingerprint density at radius 3 is 2.38 bits per heavy atom. The molecule has 0 aliphatic heterocycles. The minimum absolute atomic E-state index is 0.0835. The third kappa shape index (κ3) is 3.12. The highest BCUT2D eigenvalue weighted by Gasteiger charge is 2.74. The Morgan fingerprint density at radius 2 is 1.85 bits per heavy atom. The van der Waals surface area contributed by atoms with Gasteiger partial charge in [0, 0.05) is 5.56 Å². The third-order valence-electron chi connectivity index (χ3n) is 7.97. The number of ketones is 2. The van der Waals surface area contributed by atoms with Crippen molar-refractivity contribution in [2.75, 3.05) is 14.1 Å². The van der Waals surface area contributed by atoms with E-state index < -0.39 is 74.8 Å². The number of rotatable bonds is 3. The van der Waals surface area contributed by atoms with Gasteiger partial charge in [-0.25, -0.2) is 0 Å². The van der Waals surface area contributed by atoms with Crippen molar-refractivity contribution < 1.29 is 34.1 Å². The van der Waals surface area contributed by atoms with Crippen molar-refractivity contribution in [1.29, 1.82) is 5.26 Å². The van der Waals surface area contributed by atoms with Crippen LogP contribution in [0, 0.1) is 16.7 Å². The van der Waals surface area contributed by atoms with Gasteiger partial charge in [0.2, 0.25) is 0 Å². The maximum Gasteiger partial charge on any atom is 0.255 e. The van der Waals surface area contributed by atoms with E-state index in [1.165, 1.54) is 37.2 Å². The van der Waals surface area contributed by atoms with Crippen molar-refractivity contribution in [2.24, 2.45) is 22.6 Å². The van der Waals surface area contributed by atoms with E-state index in [9.17, 15) is 35.0 Å². The summed E-state index contributed by atoms with van der Waals surface area (Å²) in [6.45, 7) is 0. The minimum Gasteiger partial charge on any atom is -0.509 e. The standard InChI is InChI=1S/C26H24ClN5O7/c1-32(2)20-19(35)16(23(29)38)21(36)25(9-28)22(37)17-18(34)15-11(7-24(17,30)8-26(20,25)31)10(3-4-12(15)33)13-5-6-14(27)39-13/h3-6,20,33-34,36H,7-8,30-31H2,1-2H3,(H2,29,38)/t20-,24-,25+,26-/m1/s1. The van der Waals surface area contributed by atoms with Gasteiger partial charge in [-0.3, -0.25) is 19.3 Å². The van der Waals surface area contributed by atoms with Crippen LogP contribution in [-0.2, 0) is 20.8 Å². The number of nitrogens with two attached hydrogens (primary N) is 3. The molecule has 0 radical (unpaired) electrons. The summed E-state index contributed by atoms with van der Waals surface area (Å²) in [5.74, 6) is -5.61. The first-order chi connectivity index (χ1) is 18.2. The zero-order valence-corrected chi connectivity index (χ0v) is 21.5. The molecule has 1 heterocycles. The molecule has 4 atom stereocenters. The number of nitriles is 1. The number of carbonyl (C=O) groups excluding carboxylic acids is 3. The zero-order valence-electron chi connectivity index (χ0n) is 20.8. The number of amides is 1. The normalized spacial score (nSPS) is 30.1. The summed E-state index contributed by atoms with van der Waals surface area (Å²) in [7, 11) is 2.90. The van der Waals surface area contributed by atoms with Crippen LogP contribution in [0.5, 0.6) is 5.75 Å². The van der Waals surface area contributed by atoms with Gasteiger partial charge < -0.3 is 36.9 Å². The molecule has 5 rings (SSSR count). The fraction of sp³-hybridized carbons (Fsp3) is 0.308. The fourth-order valence-corrected chi connectivity index (χ4v) is 6.67. The van der Waals surface area contributed by atoms with Crippen molar-refractivity contribution >= 4 is 34.8 Å². The van der Waals surface area contributed by atoms with Crippen LogP contribution in [0.25, 0.3) is 17.1 Å². The maximum absolute atomic E-state index is 14.3. The summed E-state index contributed by atoms with van der Waals surface area (Å²) in [4.78, 5) is 41.3. The second kappa shape index (κ2) is 8.17. The van der Waals surface area contributed by atoms with Crippen LogP contribution in [0.4, 0.5) is 0 Å². The number of halogens is 1. The average molecular weight is 554 g/mol. The Labute approximate surface area is 226 Å². The number of furan rings is 1. The summed E-state index contributed by atoms with van der Waals surface area (Å²) in [5, 5.41) is 43.9. The van der Waals surface area contributed by atoms with Crippen molar-refractivity contribution in [3.63, 3.8) is 0 Å². The van der Waals surface area contributed by atoms with Crippen LogP contribution in [0.1, 0.15) is 17.5 Å². The van der Waals surface area contributed by atoms with Gasteiger partial charge >= 0.3 is 0 Å². The number of likely N-dealkylation sites (N-methyl/N-ethyl adjacent to an activating group) is 1. The van der Waals surface area contributed by atoms with E-state index in [2.05, 4.69) is 0 Å². The lowest BCUT2D eigenvalue weighted by molar-refractivity contribution is -0.139. The van der Waals surface area contributed by atoms with Crippen molar-refractivity contribution in [3.8, 4) is 23.1 Å². The lowest BCUT2D eigenvalue weighted by Crippen LogP contribution is -2.80. The average Bonchev–Trinajstić information content (AvgIpc) is 3.23. The maximum atomic E-state index is 14.3. The van der Waals surface area contributed by atoms with Crippen molar-refractivity contribution in [1.82, 2.24) is 4.90 Å². The number of primary amides is 1. The fourth-order valence-electron chi connectivity index (χ4n) is 6.52. The second-order valence-electron chi connectivity index (χ2n) is 10.4. The number of Topliss-reactive ketones (excluding diaryl/α,β-unsaturated/α-hetero) is 2. The molecule has 0 spiro atoms. The first-order valence-corrected chi connectivity index (χ1v) is 12.1. The monoisotopic (exact) mass is 553 g/mol. The van der Waals surface area contributed by atoms with Gasteiger partial charge in [0.25, 0.3) is 5.91 Å². The molecule has 1 aromatic heterocycles. The Hall–Kier alpha value is -4.15. The molecule has 9 N–H and O–H groups in total. The molecule has 13 heteroatoms. The number of aromatic hydroxyl groups is 1. The van der Waals surface area contributed by atoms with Gasteiger partial charge in [-0.2, -0.15) is 5.26 Å². The molecule has 3 aliphatic rings. The number of aliphatic hydroxyl groups excluding tert-OH is 2. The Kier molecular flexibility index (Phi) is 5.54. The van der Waals surface area contributed by atoms with Gasteiger partial charge in [0.15, 0.2) is 22.2 Å². The Bertz CT molecular complexity index is 1620. The topological polar surface area (TPSA) is 230 Å². The second-order valence-corrected chi connectivity index (χ2v) is 10.7. The minimum atomic E-state index is -2.72. The number of nitrogens with zero attached hydrogens (tertiary/aromatic N) is 2. The van der Waals surface area contributed by atoms with Crippen LogP contribution in [0.3, 0.4) is 0 Å². The van der Waals surface area contributed by atoms with E-state index >= 15 is 0 Å². The lowest BCUT2D eigenvalue weighted by Gasteiger charge is -2.58. The van der Waals surface area contributed by atoms with Crippen LogP contribution < -0.4 is 17.2 Å². The summed E-state index contributed by atoms with van der Waals surface area (Å²) in [5.41, 5.74) is 11.5. The Balaban J connectivity index is 1.87. The number of carbonyl (C=O) groups is 3. The van der Waals surface area contributed by atoms with E-state index in [0.29, 0.717) is 11.1 Å². The van der Waals surface area contributed by atoms with Crippen LogP contribution >= 0.6 is 11.6 Å². The van der Waals surface area contributed by atoms with Gasteiger partial charge in [-0.1, -0.05) is 0 Å². The van der Waals surface area contributed by atoms with Crippen LogP contribution in [0.2, 0.25) is 5.22 Å². The number of phenols is 1. The molecule has 0 unspecified atom stereocenters. The first kappa shape index (κ1) is 26.5. The molecule has 12 nitrogen and oxygen atoms in total. The number of hydrogen-bond acceptors (Lipinski definition) is 11. The zero-order chi connectivity index (χ0) is 28.8. The summed E-state index contributed by atoms with van der Waals surface area (Å²) >= 11 is 5.95. The van der Waals surface area contributed by atoms with E-state index in [-0.39, 0.29) is 23.0 Å². The largest absolute Gasteiger partial charge is 0.509 e. The van der Waals surface area contributed by atoms with Crippen LogP contribution in [0.15, 0.2) is 45.6 Å². The highest BCUT2D eigenvalue weighted by Crippen LogP contribution is 2.58. The molecule has 3 aliphatic carbocycles. The molecule has 1 saturated carbocycles. The highest BCUT2D eigenvalue weighted by molar-refractivity contribution is 6.29. The molecule has 0 bridgehead atoms. The summed E-state index contributed by atoms with van der Waals surface area (Å²) < 4.78 is 5.53. The molecule has 39 heavy (non-hydrogen) atoms. The number of phenolic OH excluding ortho intramolecular Hbond substituents is 1. The van der Waals surface area contributed by atoms with Gasteiger partial charge in [-0.05, 0) is 68.4 Å². The number of hydrogen-bond donors (Lipinski definition) is 6. The van der Waals surface area contributed by atoms with Crippen molar-refractivity contribution in [2.45, 2.75) is 30.0 Å². The number of aliphatic hydroxyl groups is 2. The Morgan fingerprint density at radius 1 is 1.18 bits per heavy atom. The molecule has 1 amide bonds. The summed E-state index contributed by atoms with van der Waals surface area (Å²) in [6.07, 6.45) is -0.672. The van der Waals surface area contributed by atoms with Crippen molar-refractivity contribution in [3.05, 3.63) is 57.5 Å². The quantitative estimate of drug-likeness (QED) is 0.291. The lowest BCUT2D eigenvalue weighted by atomic mass is 9.47. The molecule has 1 fully saturated rings. The first-order valence-electron chi connectivity index (χ1n) is 11.7. The predicted molar refractivity (Wildman–Crippen MR) is 137 cm³/mol. The predicted octanol–water partition coefficient (Wildman–Crippen LogP) is 0.819.